The molecule has 1 aromatic carbocycles. The molecule has 1 saturated heterocycles. The third-order valence-corrected chi connectivity index (χ3v) is 4.94. The average Bonchev–Trinajstić information content (AvgIpc) is 2.61. The number of nitrogens with zero attached hydrogens (tertiary/aromatic N) is 1. The second-order valence-corrected chi connectivity index (χ2v) is 6.82. The first-order valence-electron chi connectivity index (χ1n) is 8.61. The lowest BCUT2D eigenvalue weighted by Gasteiger charge is -2.32. The van der Waals surface area contributed by atoms with Crippen LogP contribution in [0.4, 0.5) is 0 Å². The van der Waals surface area contributed by atoms with E-state index in [1.165, 1.54) is 0 Å². The van der Waals surface area contributed by atoms with E-state index in [4.69, 9.17) is 9.47 Å². The highest BCUT2D eigenvalue weighted by atomic mass is 79.9. The van der Waals surface area contributed by atoms with Crippen molar-refractivity contribution >= 4 is 34.2 Å². The molecule has 1 aromatic rings. The van der Waals surface area contributed by atoms with Crippen LogP contribution in [0.1, 0.15) is 37.0 Å². The third-order valence-electron chi connectivity index (χ3n) is 4.35. The van der Waals surface area contributed by atoms with Gasteiger partial charge in [0.1, 0.15) is 0 Å². The Morgan fingerprint density at radius 2 is 2.00 bits per heavy atom. The number of carbonyl (C=O) groups is 1. The fraction of sp³-hybridized carbons (Fsp3) is 0.611. The molecule has 0 unspecified atom stereocenters. The highest BCUT2D eigenvalue weighted by Crippen LogP contribution is 2.37. The van der Waals surface area contributed by atoms with Crippen LogP contribution in [0.3, 0.4) is 0 Å². The second-order valence-electron chi connectivity index (χ2n) is 5.97. The molecule has 142 valence electrons. The van der Waals surface area contributed by atoms with Gasteiger partial charge in [-0.25, -0.2) is 0 Å². The molecule has 1 aliphatic heterocycles. The van der Waals surface area contributed by atoms with Crippen molar-refractivity contribution in [2.75, 3.05) is 39.9 Å². The number of hydrogen-bond donors (Lipinski definition) is 1. The smallest absolute Gasteiger partial charge is 0.254 e. The van der Waals surface area contributed by atoms with E-state index < -0.39 is 0 Å². The summed E-state index contributed by atoms with van der Waals surface area (Å²) in [5.74, 6) is 1.94. The summed E-state index contributed by atoms with van der Waals surface area (Å²) in [7, 11) is 1.59. The number of benzene rings is 1. The number of carbonyl (C=O) groups excluding carboxylic acids is 1. The maximum absolute atomic E-state index is 12.8. The van der Waals surface area contributed by atoms with Gasteiger partial charge in [0, 0.05) is 18.7 Å². The first-order valence-corrected chi connectivity index (χ1v) is 9.40. The number of hydrogen-bond acceptors (Lipinski definition) is 4. The number of halogens is 2. The van der Waals surface area contributed by atoms with Gasteiger partial charge in [-0.3, -0.25) is 4.79 Å². The molecule has 0 aliphatic carbocycles. The van der Waals surface area contributed by atoms with E-state index >= 15 is 0 Å². The number of rotatable bonds is 7. The van der Waals surface area contributed by atoms with Crippen molar-refractivity contribution in [3.05, 3.63) is 22.2 Å². The zero-order chi connectivity index (χ0) is 17.5. The van der Waals surface area contributed by atoms with Gasteiger partial charge in [-0.2, -0.15) is 0 Å². The van der Waals surface area contributed by atoms with Crippen LogP contribution in [0.15, 0.2) is 16.6 Å². The zero-order valence-corrected chi connectivity index (χ0v) is 17.5. The van der Waals surface area contributed by atoms with E-state index in [1.54, 1.807) is 13.2 Å². The molecule has 1 fully saturated rings. The Morgan fingerprint density at radius 1 is 1.32 bits per heavy atom. The van der Waals surface area contributed by atoms with Crippen LogP contribution in [0.25, 0.3) is 0 Å². The summed E-state index contributed by atoms with van der Waals surface area (Å²) in [6, 6.07) is 3.59. The van der Waals surface area contributed by atoms with Gasteiger partial charge in [-0.15, -0.1) is 12.4 Å². The summed E-state index contributed by atoms with van der Waals surface area (Å²) in [6.07, 6.45) is 2.10. The third kappa shape index (κ3) is 5.76. The van der Waals surface area contributed by atoms with Crippen LogP contribution in [-0.4, -0.2) is 50.7 Å². The minimum Gasteiger partial charge on any atom is -0.493 e. The van der Waals surface area contributed by atoms with Crippen molar-refractivity contribution in [1.82, 2.24) is 10.2 Å². The summed E-state index contributed by atoms with van der Waals surface area (Å²) in [5, 5.41) is 3.39. The predicted octanol–water partition coefficient (Wildman–Crippen LogP) is 3.74. The molecule has 1 amide bonds. The first-order chi connectivity index (χ1) is 11.6. The van der Waals surface area contributed by atoms with Gasteiger partial charge in [0.2, 0.25) is 0 Å². The van der Waals surface area contributed by atoms with Gasteiger partial charge in [-0.1, -0.05) is 6.92 Å². The summed E-state index contributed by atoms with van der Waals surface area (Å²) in [6.45, 7) is 8.24. The van der Waals surface area contributed by atoms with E-state index in [9.17, 15) is 4.79 Å². The van der Waals surface area contributed by atoms with Crippen molar-refractivity contribution in [3.8, 4) is 11.5 Å². The highest BCUT2D eigenvalue weighted by Gasteiger charge is 2.25. The van der Waals surface area contributed by atoms with Crippen LogP contribution in [0, 0.1) is 5.92 Å². The van der Waals surface area contributed by atoms with Gasteiger partial charge in [0.15, 0.2) is 11.5 Å². The number of ether oxygens (including phenoxy) is 2. The molecule has 0 saturated carbocycles. The molecule has 1 N–H and O–H groups in total. The molecule has 1 heterocycles. The minimum absolute atomic E-state index is 0. The zero-order valence-electron chi connectivity index (χ0n) is 15.1. The summed E-state index contributed by atoms with van der Waals surface area (Å²) in [5.41, 5.74) is 0.632. The fourth-order valence-electron chi connectivity index (χ4n) is 3.00. The number of likely N-dealkylation sites (tertiary alicyclic amines) is 1. The SMILES string of the molecule is CCNCC1CCN(C(=O)c2cc(Br)c(OCC)c(OC)c2)CC1.Cl. The van der Waals surface area contributed by atoms with Crippen molar-refractivity contribution in [2.45, 2.75) is 26.7 Å². The molecular formula is C18H28BrClN2O3. The largest absolute Gasteiger partial charge is 0.493 e. The van der Waals surface area contributed by atoms with Crippen LogP contribution < -0.4 is 14.8 Å². The average molecular weight is 436 g/mol. The Balaban J connectivity index is 0.00000312. The van der Waals surface area contributed by atoms with Gasteiger partial charge in [0.25, 0.3) is 5.91 Å². The summed E-state index contributed by atoms with van der Waals surface area (Å²) in [4.78, 5) is 14.7. The summed E-state index contributed by atoms with van der Waals surface area (Å²) >= 11 is 3.49. The Bertz CT molecular complexity index is 563. The van der Waals surface area contributed by atoms with Crippen LogP contribution in [-0.2, 0) is 0 Å². The van der Waals surface area contributed by atoms with E-state index in [0.29, 0.717) is 29.6 Å². The number of methoxy groups -OCH3 is 1. The Labute approximate surface area is 165 Å². The molecular weight excluding hydrogens is 408 g/mol. The molecule has 0 bridgehead atoms. The van der Waals surface area contributed by atoms with Crippen molar-refractivity contribution in [3.63, 3.8) is 0 Å². The molecule has 25 heavy (non-hydrogen) atoms. The lowest BCUT2D eigenvalue weighted by molar-refractivity contribution is 0.0690. The van der Waals surface area contributed by atoms with E-state index in [1.807, 2.05) is 17.9 Å². The lowest BCUT2D eigenvalue weighted by Crippen LogP contribution is -2.40. The molecule has 5 nitrogen and oxygen atoms in total. The fourth-order valence-corrected chi connectivity index (χ4v) is 3.56. The van der Waals surface area contributed by atoms with Gasteiger partial charge < -0.3 is 19.7 Å². The Hall–Kier alpha value is -0.980. The number of piperidine rings is 1. The quantitative estimate of drug-likeness (QED) is 0.709. The van der Waals surface area contributed by atoms with Crippen LogP contribution in [0.2, 0.25) is 0 Å². The molecule has 7 heteroatoms. The predicted molar refractivity (Wildman–Crippen MR) is 106 cm³/mol. The standard InChI is InChI=1S/C18H27BrN2O3.ClH/c1-4-20-12-13-6-8-21(9-7-13)18(22)14-10-15(19)17(24-5-2)16(11-14)23-3;/h10-11,13,20H,4-9,12H2,1-3H3;1H. The Morgan fingerprint density at radius 3 is 2.56 bits per heavy atom. The van der Waals surface area contributed by atoms with E-state index in [2.05, 4.69) is 28.2 Å². The molecule has 0 atom stereocenters. The van der Waals surface area contributed by atoms with Crippen LogP contribution in [0.5, 0.6) is 11.5 Å². The molecule has 0 radical (unpaired) electrons. The highest BCUT2D eigenvalue weighted by molar-refractivity contribution is 9.10. The normalized spacial score (nSPS) is 14.8. The van der Waals surface area contributed by atoms with E-state index in [0.717, 1.165) is 43.5 Å². The lowest BCUT2D eigenvalue weighted by atomic mass is 9.96. The Kier molecular flexibility index (Phi) is 9.61. The molecule has 0 spiro atoms. The topological polar surface area (TPSA) is 50.8 Å². The van der Waals surface area contributed by atoms with Gasteiger partial charge in [-0.05, 0) is 66.8 Å². The monoisotopic (exact) mass is 434 g/mol. The van der Waals surface area contributed by atoms with Gasteiger partial charge in [0.05, 0.1) is 18.2 Å². The number of amides is 1. The maximum atomic E-state index is 12.8. The first kappa shape index (κ1) is 22.1. The van der Waals surface area contributed by atoms with Gasteiger partial charge >= 0.3 is 0 Å². The van der Waals surface area contributed by atoms with E-state index in [-0.39, 0.29) is 18.3 Å². The molecule has 1 aliphatic rings. The number of nitrogens with one attached hydrogen (secondary N) is 1. The maximum Gasteiger partial charge on any atom is 0.254 e. The minimum atomic E-state index is 0. The van der Waals surface area contributed by atoms with Crippen molar-refractivity contribution in [2.24, 2.45) is 5.92 Å². The molecule has 2 rings (SSSR count). The second kappa shape index (κ2) is 10.9. The van der Waals surface area contributed by atoms with Crippen molar-refractivity contribution < 1.29 is 14.3 Å². The summed E-state index contributed by atoms with van der Waals surface area (Å²) < 4.78 is 11.7. The van der Waals surface area contributed by atoms with Crippen LogP contribution >= 0.6 is 28.3 Å². The molecule has 0 aromatic heterocycles. The van der Waals surface area contributed by atoms with Crippen molar-refractivity contribution in [1.29, 1.82) is 0 Å².